The number of rotatable bonds is 5. The lowest BCUT2D eigenvalue weighted by Gasteiger charge is -2.08. The lowest BCUT2D eigenvalue weighted by Crippen LogP contribution is -1.97. The molecule has 0 heterocycles. The van der Waals surface area contributed by atoms with Crippen LogP contribution in [0.15, 0.2) is 62.5 Å². The third-order valence-corrected chi connectivity index (χ3v) is 5.66. The van der Waals surface area contributed by atoms with Crippen molar-refractivity contribution in [3.63, 3.8) is 0 Å². The van der Waals surface area contributed by atoms with Crippen LogP contribution in [0.4, 0.5) is 11.4 Å². The smallest absolute Gasteiger partial charge is 0.311 e. The summed E-state index contributed by atoms with van der Waals surface area (Å²) in [7, 11) is 0. The second-order valence-electron chi connectivity index (χ2n) is 6.09. The molecular formula is C20H13Br2ClN2O4. The van der Waals surface area contributed by atoms with Crippen molar-refractivity contribution in [3.8, 4) is 11.5 Å². The van der Waals surface area contributed by atoms with Crippen LogP contribution in [0.3, 0.4) is 0 Å². The maximum Gasteiger partial charge on any atom is 0.311 e. The Morgan fingerprint density at radius 3 is 2.34 bits per heavy atom. The molecule has 0 aliphatic carbocycles. The van der Waals surface area contributed by atoms with Gasteiger partial charge in [0.25, 0.3) is 0 Å². The number of hydrogen-bond acceptors (Lipinski definition) is 5. The summed E-state index contributed by atoms with van der Waals surface area (Å²) in [5.41, 5.74) is 1.67. The van der Waals surface area contributed by atoms with Crippen molar-refractivity contribution >= 4 is 61.1 Å². The summed E-state index contributed by atoms with van der Waals surface area (Å²) in [4.78, 5) is 15.0. The van der Waals surface area contributed by atoms with Crippen LogP contribution < -0.4 is 0 Å². The Hall–Kier alpha value is -2.42. The van der Waals surface area contributed by atoms with Gasteiger partial charge in [0.2, 0.25) is 5.75 Å². The molecule has 0 amide bonds. The highest BCUT2D eigenvalue weighted by atomic mass is 79.9. The molecule has 29 heavy (non-hydrogen) atoms. The maximum atomic E-state index is 11.4. The van der Waals surface area contributed by atoms with Crippen LogP contribution in [-0.4, -0.2) is 21.4 Å². The highest BCUT2D eigenvalue weighted by Gasteiger charge is 2.19. The summed E-state index contributed by atoms with van der Waals surface area (Å²) in [6.07, 6.45) is 1.70. The van der Waals surface area contributed by atoms with Crippen molar-refractivity contribution in [1.82, 2.24) is 0 Å². The Labute approximate surface area is 187 Å². The number of halogens is 3. The minimum atomic E-state index is -0.642. The number of phenolic OH excluding ortho intramolecular Hbond substituents is 2. The minimum absolute atomic E-state index is 0.0316. The average molecular weight is 541 g/mol. The van der Waals surface area contributed by atoms with E-state index < -0.39 is 16.4 Å². The SMILES string of the molecule is O=[N+]([O-])c1cc(Cc2ccccc2Cl)cc(C=Nc2cc(Br)c(O)c(Br)c2)c1O. The third kappa shape index (κ3) is 4.95. The second kappa shape index (κ2) is 8.94. The first-order valence-electron chi connectivity index (χ1n) is 8.22. The summed E-state index contributed by atoms with van der Waals surface area (Å²) in [5.74, 6) is -0.442. The molecule has 0 bridgehead atoms. The number of benzene rings is 3. The van der Waals surface area contributed by atoms with Gasteiger partial charge >= 0.3 is 5.69 Å². The predicted molar refractivity (Wildman–Crippen MR) is 120 cm³/mol. The fourth-order valence-corrected chi connectivity index (χ4v) is 4.04. The van der Waals surface area contributed by atoms with E-state index in [-0.39, 0.29) is 11.3 Å². The predicted octanol–water partition coefficient (Wildman–Crippen LogP) is 6.53. The molecular weight excluding hydrogens is 527 g/mol. The minimum Gasteiger partial charge on any atom is -0.506 e. The highest BCUT2D eigenvalue weighted by molar-refractivity contribution is 9.11. The zero-order chi connectivity index (χ0) is 21.1. The van der Waals surface area contributed by atoms with Gasteiger partial charge in [-0.25, -0.2) is 0 Å². The van der Waals surface area contributed by atoms with Gasteiger partial charge in [-0.05, 0) is 73.7 Å². The van der Waals surface area contributed by atoms with Crippen molar-refractivity contribution in [3.05, 3.63) is 89.3 Å². The Bertz CT molecular complexity index is 1110. The molecule has 0 aliphatic rings. The van der Waals surface area contributed by atoms with Gasteiger partial charge in [-0.3, -0.25) is 15.1 Å². The lowest BCUT2D eigenvalue weighted by atomic mass is 10.0. The first-order chi connectivity index (χ1) is 13.8. The molecule has 3 aromatic carbocycles. The van der Waals surface area contributed by atoms with Crippen molar-refractivity contribution in [2.75, 3.05) is 0 Å². The van der Waals surface area contributed by atoms with Crippen LogP contribution in [0.2, 0.25) is 5.02 Å². The fourth-order valence-electron chi connectivity index (χ4n) is 2.67. The quantitative estimate of drug-likeness (QED) is 0.219. The summed E-state index contributed by atoms with van der Waals surface area (Å²) in [6.45, 7) is 0. The van der Waals surface area contributed by atoms with Gasteiger partial charge < -0.3 is 10.2 Å². The Kier molecular flexibility index (Phi) is 6.56. The molecule has 0 fully saturated rings. The van der Waals surface area contributed by atoms with E-state index in [2.05, 4.69) is 36.9 Å². The molecule has 0 saturated carbocycles. The standard InChI is InChI=1S/C20H13Br2ClN2O4/c21-15-8-14(9-16(22)20(15)27)24-10-13-6-11(7-18(19(13)26)25(28)29)5-12-3-1-2-4-17(12)23/h1-4,6-10,26-27H,5H2. The number of phenols is 2. The Morgan fingerprint density at radius 1 is 1.07 bits per heavy atom. The molecule has 3 aromatic rings. The van der Waals surface area contributed by atoms with Crippen LogP contribution >= 0.6 is 43.5 Å². The van der Waals surface area contributed by atoms with Gasteiger partial charge in [0.05, 0.1) is 19.6 Å². The van der Waals surface area contributed by atoms with Crippen LogP contribution in [-0.2, 0) is 6.42 Å². The molecule has 6 nitrogen and oxygen atoms in total. The highest BCUT2D eigenvalue weighted by Crippen LogP contribution is 2.37. The molecule has 0 spiro atoms. The first kappa shape index (κ1) is 21.3. The van der Waals surface area contributed by atoms with E-state index in [1.165, 1.54) is 12.3 Å². The molecule has 0 aliphatic heterocycles. The largest absolute Gasteiger partial charge is 0.506 e. The average Bonchev–Trinajstić information content (AvgIpc) is 2.67. The molecule has 0 radical (unpaired) electrons. The van der Waals surface area contributed by atoms with Crippen molar-refractivity contribution in [1.29, 1.82) is 0 Å². The molecule has 0 unspecified atom stereocenters. The fraction of sp³-hybridized carbons (Fsp3) is 0.0500. The van der Waals surface area contributed by atoms with E-state index in [1.54, 1.807) is 30.3 Å². The summed E-state index contributed by atoms with van der Waals surface area (Å²) >= 11 is 12.6. The van der Waals surface area contributed by atoms with Crippen molar-refractivity contribution < 1.29 is 15.1 Å². The Morgan fingerprint density at radius 2 is 1.72 bits per heavy atom. The zero-order valence-electron chi connectivity index (χ0n) is 14.6. The van der Waals surface area contributed by atoms with E-state index in [0.717, 1.165) is 5.56 Å². The molecule has 0 aromatic heterocycles. The van der Waals surface area contributed by atoms with Gasteiger partial charge in [0.1, 0.15) is 5.75 Å². The number of hydrogen-bond donors (Lipinski definition) is 2. The zero-order valence-corrected chi connectivity index (χ0v) is 18.6. The molecule has 9 heteroatoms. The molecule has 3 rings (SSSR count). The number of nitro benzene ring substituents is 1. The summed E-state index contributed by atoms with van der Waals surface area (Å²) in [6, 6.07) is 13.3. The van der Waals surface area contributed by atoms with E-state index in [9.17, 15) is 20.3 Å². The van der Waals surface area contributed by atoms with E-state index in [0.29, 0.717) is 31.6 Å². The number of aromatic hydroxyl groups is 2. The third-order valence-electron chi connectivity index (χ3n) is 4.08. The van der Waals surface area contributed by atoms with Crippen LogP contribution in [0.1, 0.15) is 16.7 Å². The maximum absolute atomic E-state index is 11.4. The topological polar surface area (TPSA) is 96.0 Å². The number of nitrogens with zero attached hydrogens (tertiary/aromatic N) is 2. The van der Waals surface area contributed by atoms with E-state index in [1.807, 2.05) is 12.1 Å². The normalized spacial score (nSPS) is 11.1. The van der Waals surface area contributed by atoms with Gasteiger partial charge in [-0.2, -0.15) is 0 Å². The number of aliphatic imine (C=N–C) groups is 1. The molecule has 2 N–H and O–H groups in total. The van der Waals surface area contributed by atoms with Gasteiger partial charge in [-0.15, -0.1) is 0 Å². The number of nitro groups is 1. The van der Waals surface area contributed by atoms with E-state index >= 15 is 0 Å². The molecule has 0 saturated heterocycles. The second-order valence-corrected chi connectivity index (χ2v) is 8.21. The van der Waals surface area contributed by atoms with Crippen LogP contribution in [0, 0.1) is 10.1 Å². The monoisotopic (exact) mass is 538 g/mol. The molecule has 0 atom stereocenters. The van der Waals surface area contributed by atoms with Gasteiger partial charge in [-0.1, -0.05) is 29.8 Å². The summed E-state index contributed by atoms with van der Waals surface area (Å²) in [5, 5.41) is 32.0. The summed E-state index contributed by atoms with van der Waals surface area (Å²) < 4.78 is 0.864. The van der Waals surface area contributed by atoms with Gasteiger partial charge in [0.15, 0.2) is 0 Å². The van der Waals surface area contributed by atoms with E-state index in [4.69, 9.17) is 11.6 Å². The van der Waals surface area contributed by atoms with Crippen LogP contribution in [0.5, 0.6) is 11.5 Å². The van der Waals surface area contributed by atoms with Gasteiger partial charge in [0, 0.05) is 22.9 Å². The lowest BCUT2D eigenvalue weighted by molar-refractivity contribution is -0.385. The molecule has 148 valence electrons. The first-order valence-corrected chi connectivity index (χ1v) is 10.2. The van der Waals surface area contributed by atoms with Crippen LogP contribution in [0.25, 0.3) is 0 Å². The van der Waals surface area contributed by atoms with Crippen molar-refractivity contribution in [2.24, 2.45) is 4.99 Å². The Balaban J connectivity index is 2.02. The van der Waals surface area contributed by atoms with Crippen molar-refractivity contribution in [2.45, 2.75) is 6.42 Å².